The van der Waals surface area contributed by atoms with Crippen LogP contribution in [0.1, 0.15) is 0 Å². The van der Waals surface area contributed by atoms with Gasteiger partial charge in [-0.3, -0.25) is 0 Å². The Hall–Kier alpha value is -0.870. The number of methoxy groups -OCH3 is 1. The van der Waals surface area contributed by atoms with Crippen molar-refractivity contribution in [3.8, 4) is 0 Å². The summed E-state index contributed by atoms with van der Waals surface area (Å²) in [5.41, 5.74) is 0. The lowest BCUT2D eigenvalue weighted by molar-refractivity contribution is -0.131. The molecule has 0 aromatic carbocycles. The van der Waals surface area contributed by atoms with Crippen LogP contribution in [0.15, 0.2) is 12.2 Å². The van der Waals surface area contributed by atoms with Crippen LogP contribution >= 0.6 is 0 Å². The number of aliphatic hydroxyl groups is 1. The van der Waals surface area contributed by atoms with Gasteiger partial charge in [0.2, 0.25) is 0 Å². The van der Waals surface area contributed by atoms with Gasteiger partial charge in [-0.25, -0.2) is 4.79 Å². The first-order valence-corrected chi connectivity index (χ1v) is 2.29. The fourth-order valence-electron chi connectivity index (χ4n) is 0.243. The van der Waals surface area contributed by atoms with Crippen molar-refractivity contribution in [2.24, 2.45) is 0 Å². The molecule has 52 valence electrons. The molecule has 0 amide bonds. The van der Waals surface area contributed by atoms with Crippen molar-refractivity contribution in [1.29, 1.82) is 0 Å². The number of ether oxygens (including phenoxy) is 1. The molecule has 0 bridgehead atoms. The highest BCUT2D eigenvalue weighted by molar-refractivity contribution is 5.79. The summed E-state index contributed by atoms with van der Waals surface area (Å²) >= 11 is 0. The first-order chi connectivity index (χ1) is 4.16. The van der Waals surface area contributed by atoms with Crippen molar-refractivity contribution in [3.63, 3.8) is 0 Å². The molecule has 0 spiro atoms. The molecule has 4 nitrogen and oxygen atoms in total. The molecule has 2 N–H and O–H groups in total. The average Bonchev–Trinajstić information content (AvgIpc) is 1.83. The summed E-state index contributed by atoms with van der Waals surface area (Å²) in [5, 5.41) is 16.5. The van der Waals surface area contributed by atoms with Gasteiger partial charge in [0.1, 0.15) is 0 Å². The lowest BCUT2D eigenvalue weighted by Crippen LogP contribution is -2.04. The second-order valence-electron chi connectivity index (χ2n) is 1.32. The lowest BCUT2D eigenvalue weighted by Gasteiger charge is -1.98. The SMILES string of the molecule is COC(O)/C=C/C(=O)O. The van der Waals surface area contributed by atoms with E-state index in [4.69, 9.17) is 10.2 Å². The molecule has 0 aliphatic heterocycles. The van der Waals surface area contributed by atoms with Gasteiger partial charge < -0.3 is 14.9 Å². The largest absolute Gasteiger partial charge is 0.478 e. The summed E-state index contributed by atoms with van der Waals surface area (Å²) in [7, 11) is 1.27. The molecule has 1 unspecified atom stereocenters. The molecule has 0 fully saturated rings. The Labute approximate surface area is 52.4 Å². The molecular weight excluding hydrogens is 124 g/mol. The number of aliphatic hydroxyl groups excluding tert-OH is 1. The van der Waals surface area contributed by atoms with Gasteiger partial charge in [0.05, 0.1) is 0 Å². The molecule has 0 saturated heterocycles. The van der Waals surface area contributed by atoms with E-state index in [1.54, 1.807) is 0 Å². The second kappa shape index (κ2) is 4.05. The molecule has 0 aliphatic carbocycles. The number of hydrogen-bond acceptors (Lipinski definition) is 3. The van der Waals surface area contributed by atoms with Crippen LogP contribution in [0.25, 0.3) is 0 Å². The fourth-order valence-corrected chi connectivity index (χ4v) is 0.243. The molecule has 0 radical (unpaired) electrons. The minimum Gasteiger partial charge on any atom is -0.478 e. The van der Waals surface area contributed by atoms with Crippen molar-refractivity contribution in [2.75, 3.05) is 7.11 Å². The molecule has 4 heteroatoms. The highest BCUT2D eigenvalue weighted by Gasteiger charge is 1.93. The van der Waals surface area contributed by atoms with Gasteiger partial charge in [0, 0.05) is 13.2 Å². The molecular formula is C5H8O4. The van der Waals surface area contributed by atoms with E-state index >= 15 is 0 Å². The third kappa shape index (κ3) is 4.99. The van der Waals surface area contributed by atoms with Crippen molar-refractivity contribution in [2.45, 2.75) is 6.29 Å². The van der Waals surface area contributed by atoms with Crippen LogP contribution in [-0.2, 0) is 9.53 Å². The summed E-state index contributed by atoms with van der Waals surface area (Å²) in [6.07, 6.45) is 0.720. The van der Waals surface area contributed by atoms with Crippen LogP contribution in [0.5, 0.6) is 0 Å². The summed E-state index contributed by atoms with van der Waals surface area (Å²) in [5.74, 6) is -1.11. The molecule has 0 rings (SSSR count). The van der Waals surface area contributed by atoms with E-state index in [1.165, 1.54) is 7.11 Å². The molecule has 0 saturated carbocycles. The smallest absolute Gasteiger partial charge is 0.328 e. The van der Waals surface area contributed by atoms with E-state index in [-0.39, 0.29) is 0 Å². The minimum atomic E-state index is -1.12. The van der Waals surface area contributed by atoms with Crippen LogP contribution in [0.4, 0.5) is 0 Å². The van der Waals surface area contributed by atoms with E-state index in [9.17, 15) is 4.79 Å². The Kier molecular flexibility index (Phi) is 3.66. The topological polar surface area (TPSA) is 66.8 Å². The fraction of sp³-hybridized carbons (Fsp3) is 0.400. The van der Waals surface area contributed by atoms with Crippen LogP contribution in [0, 0.1) is 0 Å². The number of hydrogen-bond donors (Lipinski definition) is 2. The maximum atomic E-state index is 9.77. The lowest BCUT2D eigenvalue weighted by atomic mass is 10.5. The normalized spacial score (nSPS) is 14.0. The van der Waals surface area contributed by atoms with E-state index in [2.05, 4.69) is 4.74 Å². The van der Waals surface area contributed by atoms with Gasteiger partial charge in [-0.15, -0.1) is 0 Å². The average molecular weight is 132 g/mol. The van der Waals surface area contributed by atoms with Crippen LogP contribution < -0.4 is 0 Å². The standard InChI is InChI=1S/C5H8O4/c1-9-5(8)3-2-4(6)7/h2-3,5,8H,1H3,(H,6,7)/b3-2+. The predicted octanol–water partition coefficient (Wildman–Crippen LogP) is -0.408. The zero-order chi connectivity index (χ0) is 7.28. The van der Waals surface area contributed by atoms with Gasteiger partial charge in [0.25, 0.3) is 0 Å². The van der Waals surface area contributed by atoms with Crippen molar-refractivity contribution < 1.29 is 19.7 Å². The molecule has 0 aromatic heterocycles. The van der Waals surface area contributed by atoms with Gasteiger partial charge in [0.15, 0.2) is 6.29 Å². The summed E-state index contributed by atoms with van der Waals surface area (Å²) in [6, 6.07) is 0. The number of carboxylic acids is 1. The maximum absolute atomic E-state index is 9.77. The van der Waals surface area contributed by atoms with Crippen molar-refractivity contribution >= 4 is 5.97 Å². The number of carbonyl (C=O) groups is 1. The highest BCUT2D eigenvalue weighted by atomic mass is 16.6. The van der Waals surface area contributed by atoms with E-state index in [0.717, 1.165) is 12.2 Å². The molecule has 1 atom stereocenters. The monoisotopic (exact) mass is 132 g/mol. The summed E-state index contributed by atoms with van der Waals surface area (Å²) < 4.78 is 4.31. The number of carboxylic acid groups (broad SMARTS) is 1. The Morgan fingerprint density at radius 3 is 2.67 bits per heavy atom. The third-order valence-electron chi connectivity index (χ3n) is 0.645. The molecule has 0 aromatic rings. The van der Waals surface area contributed by atoms with Crippen LogP contribution in [-0.4, -0.2) is 29.6 Å². The summed E-state index contributed by atoms with van der Waals surface area (Å²) in [4.78, 5) is 9.77. The van der Waals surface area contributed by atoms with Crippen LogP contribution in [0.2, 0.25) is 0 Å². The molecule has 9 heavy (non-hydrogen) atoms. The van der Waals surface area contributed by atoms with Gasteiger partial charge in [-0.2, -0.15) is 0 Å². The van der Waals surface area contributed by atoms with Crippen LogP contribution in [0.3, 0.4) is 0 Å². The Morgan fingerprint density at radius 2 is 2.33 bits per heavy atom. The zero-order valence-electron chi connectivity index (χ0n) is 4.94. The Morgan fingerprint density at radius 1 is 1.78 bits per heavy atom. The van der Waals surface area contributed by atoms with Gasteiger partial charge in [-0.1, -0.05) is 0 Å². The Balaban J connectivity index is 3.56. The summed E-state index contributed by atoms with van der Waals surface area (Å²) in [6.45, 7) is 0. The zero-order valence-corrected chi connectivity index (χ0v) is 4.94. The maximum Gasteiger partial charge on any atom is 0.328 e. The third-order valence-corrected chi connectivity index (χ3v) is 0.645. The van der Waals surface area contributed by atoms with E-state index in [1.807, 2.05) is 0 Å². The second-order valence-corrected chi connectivity index (χ2v) is 1.32. The van der Waals surface area contributed by atoms with Crippen molar-refractivity contribution in [3.05, 3.63) is 12.2 Å². The molecule has 0 aliphatic rings. The van der Waals surface area contributed by atoms with E-state index < -0.39 is 12.3 Å². The predicted molar refractivity (Wildman–Crippen MR) is 29.8 cm³/mol. The highest BCUT2D eigenvalue weighted by Crippen LogP contribution is 1.84. The quantitative estimate of drug-likeness (QED) is 0.404. The van der Waals surface area contributed by atoms with Crippen molar-refractivity contribution in [1.82, 2.24) is 0 Å². The van der Waals surface area contributed by atoms with Gasteiger partial charge >= 0.3 is 5.97 Å². The van der Waals surface area contributed by atoms with E-state index in [0.29, 0.717) is 0 Å². The van der Waals surface area contributed by atoms with Gasteiger partial charge in [-0.05, 0) is 6.08 Å². The number of rotatable bonds is 3. The first-order valence-electron chi connectivity index (χ1n) is 2.29. The minimum absolute atomic E-state index is 0.814. The first kappa shape index (κ1) is 8.13. The Bertz CT molecular complexity index is 118. The molecule has 0 heterocycles. The number of aliphatic carboxylic acids is 1.